The summed E-state index contributed by atoms with van der Waals surface area (Å²) in [5, 5.41) is 2.82. The second kappa shape index (κ2) is 7.79. The number of pyridine rings is 1. The van der Waals surface area contributed by atoms with Crippen LogP contribution in [0.2, 0.25) is 0 Å². The number of carbonyl (C=O) groups excluding carboxylic acids is 1. The van der Waals surface area contributed by atoms with E-state index in [1.165, 1.54) is 6.20 Å². The first-order valence-corrected chi connectivity index (χ1v) is 7.90. The van der Waals surface area contributed by atoms with Crippen LogP contribution in [0, 0.1) is 0 Å². The van der Waals surface area contributed by atoms with Crippen molar-refractivity contribution in [1.29, 1.82) is 0 Å². The van der Waals surface area contributed by atoms with Gasteiger partial charge in [-0.1, -0.05) is 6.07 Å². The summed E-state index contributed by atoms with van der Waals surface area (Å²) in [6.45, 7) is 1.43. The summed E-state index contributed by atoms with van der Waals surface area (Å²) in [5.41, 5.74) is 1.14. The molecule has 0 bridgehead atoms. The molecule has 2 heterocycles. The van der Waals surface area contributed by atoms with E-state index < -0.39 is 0 Å². The lowest BCUT2D eigenvalue weighted by molar-refractivity contribution is 0.0237. The van der Waals surface area contributed by atoms with Crippen LogP contribution in [0.25, 0.3) is 0 Å². The molecular weight excluding hydrogens is 308 g/mol. The van der Waals surface area contributed by atoms with Gasteiger partial charge in [-0.3, -0.25) is 4.79 Å². The zero-order valence-corrected chi connectivity index (χ0v) is 13.5. The summed E-state index contributed by atoms with van der Waals surface area (Å²) in [6.07, 6.45) is 3.37. The van der Waals surface area contributed by atoms with E-state index in [1.54, 1.807) is 31.4 Å². The van der Waals surface area contributed by atoms with Crippen LogP contribution in [0.4, 0.5) is 5.69 Å². The molecule has 24 heavy (non-hydrogen) atoms. The molecule has 6 heteroatoms. The van der Waals surface area contributed by atoms with Gasteiger partial charge in [-0.15, -0.1) is 0 Å². The van der Waals surface area contributed by atoms with Crippen molar-refractivity contribution in [3.63, 3.8) is 0 Å². The molecule has 3 rings (SSSR count). The lowest BCUT2D eigenvalue weighted by Gasteiger charge is -2.22. The van der Waals surface area contributed by atoms with Crippen molar-refractivity contribution < 1.29 is 19.0 Å². The molecule has 1 aliphatic rings. The van der Waals surface area contributed by atoms with Gasteiger partial charge < -0.3 is 19.5 Å². The first-order valence-electron chi connectivity index (χ1n) is 7.90. The van der Waals surface area contributed by atoms with Gasteiger partial charge in [0.25, 0.3) is 5.91 Å². The Morgan fingerprint density at radius 3 is 2.79 bits per heavy atom. The molecule has 1 saturated heterocycles. The number of rotatable bonds is 5. The quantitative estimate of drug-likeness (QED) is 0.914. The standard InChI is InChI=1S/C18H20N2O4/c1-22-16-4-2-3-14(11-16)20-18(21)13-5-6-17(19-12-13)24-15-7-9-23-10-8-15/h2-6,11-12,15H,7-10H2,1H3,(H,20,21). The van der Waals surface area contributed by atoms with Crippen LogP contribution in [-0.2, 0) is 4.74 Å². The molecule has 1 amide bonds. The minimum atomic E-state index is -0.228. The fourth-order valence-electron chi connectivity index (χ4n) is 2.45. The summed E-state index contributed by atoms with van der Waals surface area (Å²) in [5.74, 6) is 0.985. The second-order valence-corrected chi connectivity index (χ2v) is 5.50. The molecule has 0 unspecified atom stereocenters. The maximum atomic E-state index is 12.3. The Morgan fingerprint density at radius 2 is 2.08 bits per heavy atom. The summed E-state index contributed by atoms with van der Waals surface area (Å²) >= 11 is 0. The van der Waals surface area contributed by atoms with Crippen LogP contribution >= 0.6 is 0 Å². The predicted molar refractivity (Wildman–Crippen MR) is 89.7 cm³/mol. The van der Waals surface area contributed by atoms with E-state index >= 15 is 0 Å². The predicted octanol–water partition coefficient (Wildman–Crippen LogP) is 2.90. The number of anilines is 1. The van der Waals surface area contributed by atoms with Gasteiger partial charge in [0.1, 0.15) is 11.9 Å². The number of amides is 1. The second-order valence-electron chi connectivity index (χ2n) is 5.50. The number of ether oxygens (including phenoxy) is 3. The van der Waals surface area contributed by atoms with Crippen molar-refractivity contribution >= 4 is 11.6 Å². The molecule has 1 aromatic carbocycles. The average Bonchev–Trinajstić information content (AvgIpc) is 2.63. The van der Waals surface area contributed by atoms with Gasteiger partial charge in [0.2, 0.25) is 5.88 Å². The van der Waals surface area contributed by atoms with Gasteiger partial charge in [0, 0.05) is 36.9 Å². The van der Waals surface area contributed by atoms with Gasteiger partial charge in [0.15, 0.2) is 0 Å². The number of methoxy groups -OCH3 is 1. The molecule has 0 saturated carbocycles. The van der Waals surface area contributed by atoms with Crippen LogP contribution < -0.4 is 14.8 Å². The van der Waals surface area contributed by atoms with Crippen molar-refractivity contribution in [2.75, 3.05) is 25.6 Å². The van der Waals surface area contributed by atoms with Gasteiger partial charge in [0.05, 0.1) is 25.9 Å². The SMILES string of the molecule is COc1cccc(NC(=O)c2ccc(OC3CCOCC3)nc2)c1. The fourth-order valence-corrected chi connectivity index (χ4v) is 2.45. The first kappa shape index (κ1) is 16.3. The van der Waals surface area contributed by atoms with Crippen molar-refractivity contribution in [2.24, 2.45) is 0 Å². The van der Waals surface area contributed by atoms with Crippen molar-refractivity contribution in [1.82, 2.24) is 4.98 Å². The van der Waals surface area contributed by atoms with Gasteiger partial charge in [-0.05, 0) is 18.2 Å². The van der Waals surface area contributed by atoms with Crippen molar-refractivity contribution in [2.45, 2.75) is 18.9 Å². The van der Waals surface area contributed by atoms with E-state index in [0.29, 0.717) is 36.1 Å². The van der Waals surface area contributed by atoms with Crippen LogP contribution in [0.15, 0.2) is 42.6 Å². The Kier molecular flexibility index (Phi) is 5.28. The Morgan fingerprint density at radius 1 is 1.25 bits per heavy atom. The van der Waals surface area contributed by atoms with Crippen LogP contribution in [0.3, 0.4) is 0 Å². The molecule has 6 nitrogen and oxygen atoms in total. The van der Waals surface area contributed by atoms with Crippen LogP contribution in [-0.4, -0.2) is 37.3 Å². The molecular formula is C18H20N2O4. The first-order chi connectivity index (χ1) is 11.7. The molecule has 126 valence electrons. The highest BCUT2D eigenvalue weighted by molar-refractivity contribution is 6.04. The van der Waals surface area contributed by atoms with Gasteiger partial charge >= 0.3 is 0 Å². The minimum Gasteiger partial charge on any atom is -0.497 e. The molecule has 1 aromatic heterocycles. The molecule has 1 aliphatic heterocycles. The van der Waals surface area contributed by atoms with Gasteiger partial charge in [-0.2, -0.15) is 0 Å². The topological polar surface area (TPSA) is 69.7 Å². The summed E-state index contributed by atoms with van der Waals surface area (Å²) < 4.78 is 16.2. The minimum absolute atomic E-state index is 0.128. The number of nitrogens with one attached hydrogen (secondary N) is 1. The monoisotopic (exact) mass is 328 g/mol. The highest BCUT2D eigenvalue weighted by Gasteiger charge is 2.16. The third-order valence-electron chi connectivity index (χ3n) is 3.78. The van der Waals surface area contributed by atoms with E-state index in [0.717, 1.165) is 12.8 Å². The Hall–Kier alpha value is -2.60. The summed E-state index contributed by atoms with van der Waals surface area (Å²) in [4.78, 5) is 16.5. The van der Waals surface area contributed by atoms with Crippen molar-refractivity contribution in [3.05, 3.63) is 48.2 Å². The zero-order valence-electron chi connectivity index (χ0n) is 13.5. The normalized spacial score (nSPS) is 14.9. The maximum Gasteiger partial charge on any atom is 0.257 e. The number of benzene rings is 1. The average molecular weight is 328 g/mol. The highest BCUT2D eigenvalue weighted by atomic mass is 16.5. The highest BCUT2D eigenvalue weighted by Crippen LogP contribution is 2.19. The lowest BCUT2D eigenvalue weighted by atomic mass is 10.1. The third-order valence-corrected chi connectivity index (χ3v) is 3.78. The van der Waals surface area contributed by atoms with E-state index in [1.807, 2.05) is 12.1 Å². The number of carbonyl (C=O) groups is 1. The molecule has 0 spiro atoms. The zero-order chi connectivity index (χ0) is 16.8. The number of nitrogens with zero attached hydrogens (tertiary/aromatic N) is 1. The van der Waals surface area contributed by atoms with E-state index in [9.17, 15) is 4.79 Å². The molecule has 2 aromatic rings. The lowest BCUT2D eigenvalue weighted by Crippen LogP contribution is -2.26. The van der Waals surface area contributed by atoms with E-state index in [4.69, 9.17) is 14.2 Å². The summed E-state index contributed by atoms with van der Waals surface area (Å²) in [7, 11) is 1.59. The number of hydrogen-bond donors (Lipinski definition) is 1. The van der Waals surface area contributed by atoms with Crippen LogP contribution in [0.5, 0.6) is 11.6 Å². The number of aromatic nitrogens is 1. The smallest absolute Gasteiger partial charge is 0.257 e. The maximum absolute atomic E-state index is 12.3. The largest absolute Gasteiger partial charge is 0.497 e. The molecule has 0 aliphatic carbocycles. The van der Waals surface area contributed by atoms with E-state index in [-0.39, 0.29) is 12.0 Å². The fraction of sp³-hybridized carbons (Fsp3) is 0.333. The molecule has 0 atom stereocenters. The molecule has 1 fully saturated rings. The molecule has 1 N–H and O–H groups in total. The van der Waals surface area contributed by atoms with E-state index in [2.05, 4.69) is 10.3 Å². The Bertz CT molecular complexity index is 682. The number of hydrogen-bond acceptors (Lipinski definition) is 5. The van der Waals surface area contributed by atoms with Crippen LogP contribution in [0.1, 0.15) is 23.2 Å². The molecule has 0 radical (unpaired) electrons. The van der Waals surface area contributed by atoms with Crippen molar-refractivity contribution in [3.8, 4) is 11.6 Å². The summed E-state index contributed by atoms with van der Waals surface area (Å²) in [6, 6.07) is 10.6. The van der Waals surface area contributed by atoms with Gasteiger partial charge in [-0.25, -0.2) is 4.98 Å². The Labute approximate surface area is 140 Å². The Balaban J connectivity index is 1.60. The third kappa shape index (κ3) is 4.23.